The fraction of sp³-hybridized carbons (Fsp3) is 0. The molecule has 0 aromatic heterocycles. The summed E-state index contributed by atoms with van der Waals surface area (Å²) in [5, 5.41) is 0. The van der Waals surface area contributed by atoms with Crippen LogP contribution in [-0.2, 0) is 10.4 Å². The molecule has 8 heavy (non-hydrogen) atoms. The van der Waals surface area contributed by atoms with Crippen LogP contribution in [0.15, 0.2) is 0 Å². The van der Waals surface area contributed by atoms with Gasteiger partial charge in [0.1, 0.15) is 0 Å². The van der Waals surface area contributed by atoms with Crippen LogP contribution < -0.4 is 0 Å². The molecule has 0 aliphatic heterocycles. The van der Waals surface area contributed by atoms with Crippen molar-refractivity contribution in [3.05, 3.63) is 4.91 Å². The second-order valence-electron chi connectivity index (χ2n) is 0.448. The Morgan fingerprint density at radius 3 is 1.25 bits per heavy atom. The Bertz CT molecular complexity index is 114. The van der Waals surface area contributed by atoms with Gasteiger partial charge in [0.05, 0.1) is 0 Å². The molecule has 0 rings (SSSR count). The Balaban J connectivity index is -0.0000000154. The van der Waals surface area contributed by atoms with E-state index in [1.807, 2.05) is 0 Å². The maximum absolute atomic E-state index is 8.74. The molecule has 0 aromatic rings. The molecule has 0 bridgehead atoms. The average Bonchev–Trinajstić information content (AvgIpc) is 1.36. The number of nitroso groups, excluding NO2 is 1. The van der Waals surface area contributed by atoms with Crippen molar-refractivity contribution in [3.8, 4) is 0 Å². The van der Waals surface area contributed by atoms with Crippen LogP contribution in [0.3, 0.4) is 0 Å². The molecule has 6 nitrogen and oxygen atoms in total. The molecule has 0 amide bonds. The largest absolute Gasteiger partial charge is 2.00 e. The first-order chi connectivity index (χ1) is 3.00. The van der Waals surface area contributed by atoms with Gasteiger partial charge in [-0.05, 0) is 0 Å². The van der Waals surface area contributed by atoms with Crippen LogP contribution in [0.5, 0.6) is 0 Å². The van der Waals surface area contributed by atoms with Gasteiger partial charge in [-0.15, -0.1) is 0 Å². The summed E-state index contributed by atoms with van der Waals surface area (Å²) in [4.78, 5) is 7.50. The van der Waals surface area contributed by atoms with E-state index in [4.69, 9.17) is 22.4 Å². The summed E-state index contributed by atoms with van der Waals surface area (Å²) in [5.74, 6) is 0. The third-order valence-electron chi connectivity index (χ3n) is 0. The molecule has 3 N–H and O–H groups in total. The molecular formula is H5CaNO5S. The Kier molecular flexibility index (Phi) is 15.4. The number of hydrogen-bond acceptors (Lipinski definition) is 4. The minimum absolute atomic E-state index is 0. The average molecular weight is 171 g/mol. The van der Waals surface area contributed by atoms with Crippen LogP contribution in [-0.4, -0.2) is 55.3 Å². The smallest absolute Gasteiger partial charge is 1.00 e. The zero-order chi connectivity index (χ0) is 6.50. The first kappa shape index (κ1) is 15.9. The van der Waals surface area contributed by atoms with E-state index in [0.717, 1.165) is 0 Å². The SMILES string of the molecule is N=O.O=S(=O)(O)O.[Ca+2].[H-].[H-]. The van der Waals surface area contributed by atoms with Gasteiger partial charge in [0, 0.05) is 0 Å². The Morgan fingerprint density at radius 2 is 1.25 bits per heavy atom. The van der Waals surface area contributed by atoms with Crippen molar-refractivity contribution in [1.29, 1.82) is 5.59 Å². The quantitative estimate of drug-likeness (QED) is 0.258. The zero-order valence-electron chi connectivity index (χ0n) is 5.73. The first-order valence-electron chi connectivity index (χ1n) is 0.903. The van der Waals surface area contributed by atoms with Crippen molar-refractivity contribution in [2.75, 3.05) is 0 Å². The molecule has 0 unspecified atom stereocenters. The van der Waals surface area contributed by atoms with Gasteiger partial charge in [0.15, 0.2) is 0 Å². The summed E-state index contributed by atoms with van der Waals surface area (Å²) in [7, 11) is -4.67. The molecule has 0 aliphatic carbocycles. The number of rotatable bonds is 0. The van der Waals surface area contributed by atoms with E-state index >= 15 is 0 Å². The fourth-order valence-corrected chi connectivity index (χ4v) is 0. The molecule has 0 saturated carbocycles. The standard InChI is InChI=1S/Ca.HNO.H2O4S.2H/c;1-2;1-5(2,3)4;;/h;1H;(H2,1,2,3,4);;/q+2;;;2*-1. The van der Waals surface area contributed by atoms with E-state index in [1.54, 1.807) is 0 Å². The molecular weight excluding hydrogens is 166 g/mol. The predicted molar refractivity (Wildman–Crippen MR) is 28.2 cm³/mol. The molecule has 0 saturated heterocycles. The van der Waals surface area contributed by atoms with Crippen LogP contribution in [0, 0.1) is 10.5 Å². The molecule has 0 spiro atoms. The summed E-state index contributed by atoms with van der Waals surface area (Å²) < 4.78 is 31.6. The van der Waals surface area contributed by atoms with Crippen LogP contribution >= 0.6 is 0 Å². The third-order valence-corrected chi connectivity index (χ3v) is 0. The first-order valence-corrected chi connectivity index (χ1v) is 2.30. The van der Waals surface area contributed by atoms with Crippen molar-refractivity contribution >= 4 is 48.1 Å². The van der Waals surface area contributed by atoms with Gasteiger partial charge < -0.3 is 2.85 Å². The topological polar surface area (TPSA) is 116 Å². The van der Waals surface area contributed by atoms with Crippen LogP contribution in [0.1, 0.15) is 2.85 Å². The molecule has 0 aromatic carbocycles. The number of nitrogens with one attached hydrogen (secondary N) is 1. The van der Waals surface area contributed by atoms with Crippen LogP contribution in [0.2, 0.25) is 0 Å². The van der Waals surface area contributed by atoms with E-state index in [-0.39, 0.29) is 40.6 Å². The Labute approximate surface area is 78.6 Å². The molecule has 0 radical (unpaired) electrons. The third kappa shape index (κ3) is 415. The molecule has 0 atom stereocenters. The molecule has 0 aliphatic rings. The van der Waals surface area contributed by atoms with E-state index in [2.05, 4.69) is 5.59 Å². The summed E-state index contributed by atoms with van der Waals surface area (Å²) in [6.07, 6.45) is 0. The van der Waals surface area contributed by atoms with Gasteiger partial charge in [0.2, 0.25) is 0 Å². The number of hydrogen-bond donors (Lipinski definition) is 3. The normalized spacial score (nSPS) is 7.75. The second-order valence-corrected chi connectivity index (χ2v) is 1.34. The minimum atomic E-state index is -4.67. The summed E-state index contributed by atoms with van der Waals surface area (Å²) >= 11 is 0. The van der Waals surface area contributed by atoms with E-state index in [1.165, 1.54) is 0 Å². The maximum Gasteiger partial charge on any atom is 2.00 e. The van der Waals surface area contributed by atoms with Gasteiger partial charge in [0.25, 0.3) is 0 Å². The second kappa shape index (κ2) is 7.73. The predicted octanol–water partition coefficient (Wildman–Crippen LogP) is -0.477. The summed E-state index contributed by atoms with van der Waals surface area (Å²) in [6.45, 7) is 0. The van der Waals surface area contributed by atoms with Crippen LogP contribution in [0.4, 0.5) is 0 Å². The van der Waals surface area contributed by atoms with Crippen molar-refractivity contribution in [3.63, 3.8) is 0 Å². The molecule has 0 fully saturated rings. The van der Waals surface area contributed by atoms with Gasteiger partial charge in [-0.1, -0.05) is 5.59 Å². The summed E-state index contributed by atoms with van der Waals surface area (Å²) in [6, 6.07) is 0. The van der Waals surface area contributed by atoms with Gasteiger partial charge in [-0.2, -0.15) is 13.3 Å². The van der Waals surface area contributed by atoms with E-state index in [9.17, 15) is 0 Å². The summed E-state index contributed by atoms with van der Waals surface area (Å²) in [5.41, 5.74) is 4.50. The molecule has 0 heterocycles. The van der Waals surface area contributed by atoms with Crippen molar-refractivity contribution in [1.82, 2.24) is 0 Å². The van der Waals surface area contributed by atoms with E-state index < -0.39 is 10.4 Å². The van der Waals surface area contributed by atoms with Crippen LogP contribution in [0.25, 0.3) is 0 Å². The Morgan fingerprint density at radius 1 is 1.25 bits per heavy atom. The molecule has 48 valence electrons. The van der Waals surface area contributed by atoms with Crippen molar-refractivity contribution in [2.24, 2.45) is 0 Å². The van der Waals surface area contributed by atoms with Crippen molar-refractivity contribution < 1.29 is 20.4 Å². The fourth-order valence-electron chi connectivity index (χ4n) is 0. The monoisotopic (exact) mass is 171 g/mol. The molecule has 8 heteroatoms. The van der Waals surface area contributed by atoms with Crippen molar-refractivity contribution in [2.45, 2.75) is 0 Å². The zero-order valence-corrected chi connectivity index (χ0v) is 6.76. The minimum Gasteiger partial charge on any atom is -1.00 e. The van der Waals surface area contributed by atoms with E-state index in [0.29, 0.717) is 0 Å². The Hall–Kier alpha value is 0.730. The van der Waals surface area contributed by atoms with Gasteiger partial charge in [-0.3, -0.25) is 9.11 Å². The maximum atomic E-state index is 8.74. The van der Waals surface area contributed by atoms with Gasteiger partial charge in [-0.25, -0.2) is 0 Å². The van der Waals surface area contributed by atoms with Gasteiger partial charge >= 0.3 is 48.1 Å².